The zero-order valence-electron chi connectivity index (χ0n) is 19.0. The second-order valence-electron chi connectivity index (χ2n) is 9.01. The van der Waals surface area contributed by atoms with Crippen LogP contribution in [0.3, 0.4) is 0 Å². The molecule has 0 N–H and O–H groups in total. The fourth-order valence-corrected chi connectivity index (χ4v) is 4.69. The minimum Gasteiger partial charge on any atom is -0.497 e. The molecule has 0 aliphatic carbocycles. The minimum absolute atomic E-state index is 0.182. The molecule has 9 nitrogen and oxygen atoms in total. The fourth-order valence-electron chi connectivity index (χ4n) is 4.69. The van der Waals surface area contributed by atoms with Crippen molar-refractivity contribution in [3.63, 3.8) is 0 Å². The normalized spacial score (nSPS) is 17.0. The number of imidazole rings is 1. The largest absolute Gasteiger partial charge is 0.497 e. The SMILES string of the molecule is COc1ccc2c(c1)-c1c(cnn1CC1CCOC1)Cc1c(-c3nc(C(C)C)no3)ncn1-2. The second kappa shape index (κ2) is 7.84. The number of aromatic nitrogens is 6. The second-order valence-corrected chi connectivity index (χ2v) is 9.01. The summed E-state index contributed by atoms with van der Waals surface area (Å²) in [5.41, 5.74) is 6.04. The lowest BCUT2D eigenvalue weighted by atomic mass is 10.0. The van der Waals surface area contributed by atoms with E-state index < -0.39 is 0 Å². The topological polar surface area (TPSA) is 93.0 Å². The van der Waals surface area contributed by atoms with Crippen LogP contribution in [-0.2, 0) is 17.7 Å². The highest BCUT2D eigenvalue weighted by Gasteiger charge is 2.29. The molecule has 1 aromatic carbocycles. The molecule has 3 aromatic heterocycles. The number of rotatable bonds is 5. The van der Waals surface area contributed by atoms with E-state index in [0.717, 1.165) is 60.1 Å². The molecular formula is C24H26N6O3. The highest BCUT2D eigenvalue weighted by Crippen LogP contribution is 2.40. The first kappa shape index (κ1) is 20.2. The maximum absolute atomic E-state index is 5.61. The number of methoxy groups -OCH3 is 1. The summed E-state index contributed by atoms with van der Waals surface area (Å²) in [6.07, 6.45) is 5.52. The Kier molecular flexibility index (Phi) is 4.79. The summed E-state index contributed by atoms with van der Waals surface area (Å²) in [7, 11) is 1.69. The average Bonchev–Trinajstić information content (AvgIpc) is 3.61. The van der Waals surface area contributed by atoms with E-state index in [1.54, 1.807) is 7.11 Å². The highest BCUT2D eigenvalue weighted by atomic mass is 16.5. The number of fused-ring (bicyclic) bond motifs is 5. The van der Waals surface area contributed by atoms with Gasteiger partial charge in [-0.05, 0) is 24.6 Å². The average molecular weight is 447 g/mol. The van der Waals surface area contributed by atoms with Gasteiger partial charge in [-0.1, -0.05) is 19.0 Å². The quantitative estimate of drug-likeness (QED) is 0.405. The number of ether oxygens (including phenoxy) is 2. The highest BCUT2D eigenvalue weighted by molar-refractivity contribution is 5.77. The van der Waals surface area contributed by atoms with Gasteiger partial charge in [0.05, 0.1) is 37.0 Å². The molecule has 1 saturated heterocycles. The molecule has 1 fully saturated rings. The third kappa shape index (κ3) is 3.34. The molecule has 0 radical (unpaired) electrons. The molecule has 1 unspecified atom stereocenters. The maximum Gasteiger partial charge on any atom is 0.278 e. The van der Waals surface area contributed by atoms with Crippen molar-refractivity contribution in [1.82, 2.24) is 29.5 Å². The molecule has 33 heavy (non-hydrogen) atoms. The van der Waals surface area contributed by atoms with Gasteiger partial charge in [-0.25, -0.2) is 4.98 Å². The molecule has 6 rings (SSSR count). The summed E-state index contributed by atoms with van der Waals surface area (Å²) >= 11 is 0. The Morgan fingerprint density at radius 1 is 1.27 bits per heavy atom. The summed E-state index contributed by atoms with van der Waals surface area (Å²) in [6, 6.07) is 6.12. The Balaban J connectivity index is 1.51. The van der Waals surface area contributed by atoms with Gasteiger partial charge in [-0.15, -0.1) is 0 Å². The first-order valence-corrected chi connectivity index (χ1v) is 11.3. The van der Waals surface area contributed by atoms with Gasteiger partial charge in [0.1, 0.15) is 12.1 Å². The Hall–Kier alpha value is -3.46. The first-order chi connectivity index (χ1) is 16.1. The Morgan fingerprint density at radius 3 is 2.94 bits per heavy atom. The summed E-state index contributed by atoms with van der Waals surface area (Å²) in [5.74, 6) is 2.58. The molecule has 0 amide bonds. The third-order valence-electron chi connectivity index (χ3n) is 6.47. The number of hydrogen-bond acceptors (Lipinski definition) is 7. The van der Waals surface area contributed by atoms with E-state index in [4.69, 9.17) is 19.1 Å². The van der Waals surface area contributed by atoms with Crippen molar-refractivity contribution in [3.05, 3.63) is 47.8 Å². The molecule has 0 bridgehead atoms. The van der Waals surface area contributed by atoms with E-state index in [-0.39, 0.29) is 5.92 Å². The summed E-state index contributed by atoms with van der Waals surface area (Å²) in [6.45, 7) is 6.52. The Labute approximate surface area is 191 Å². The van der Waals surface area contributed by atoms with Gasteiger partial charge in [0.15, 0.2) is 11.5 Å². The van der Waals surface area contributed by atoms with E-state index in [1.165, 1.54) is 0 Å². The molecule has 5 heterocycles. The van der Waals surface area contributed by atoms with Crippen LogP contribution in [0, 0.1) is 5.92 Å². The van der Waals surface area contributed by atoms with Crippen LogP contribution < -0.4 is 4.74 Å². The molecule has 2 aliphatic heterocycles. The lowest BCUT2D eigenvalue weighted by Gasteiger charge is -2.15. The monoisotopic (exact) mass is 446 g/mol. The van der Waals surface area contributed by atoms with Crippen molar-refractivity contribution in [2.24, 2.45) is 5.92 Å². The van der Waals surface area contributed by atoms with E-state index in [0.29, 0.717) is 29.7 Å². The van der Waals surface area contributed by atoms with Gasteiger partial charge in [-0.3, -0.25) is 4.68 Å². The van der Waals surface area contributed by atoms with Gasteiger partial charge in [0.2, 0.25) is 0 Å². The van der Waals surface area contributed by atoms with Gasteiger partial charge in [-0.2, -0.15) is 10.1 Å². The van der Waals surface area contributed by atoms with Gasteiger partial charge >= 0.3 is 0 Å². The van der Waals surface area contributed by atoms with Crippen LogP contribution in [0.2, 0.25) is 0 Å². The lowest BCUT2D eigenvalue weighted by Crippen LogP contribution is -2.13. The van der Waals surface area contributed by atoms with Crippen molar-refractivity contribution >= 4 is 0 Å². The molecular weight excluding hydrogens is 420 g/mol. The Morgan fingerprint density at radius 2 is 2.18 bits per heavy atom. The standard InChI is InChI=1S/C24H26N6O3/c1-14(2)23-27-24(33-28-23)21-20-8-16-10-26-30(11-15-6-7-32-12-15)22(16)18-9-17(31-3)4-5-19(18)29(20)13-25-21/h4-5,9-10,13-15H,6-8,11-12H2,1-3H3. The molecule has 9 heteroatoms. The van der Waals surface area contributed by atoms with Crippen LogP contribution >= 0.6 is 0 Å². The molecule has 0 saturated carbocycles. The predicted molar refractivity (Wildman–Crippen MR) is 120 cm³/mol. The Bertz CT molecular complexity index is 1310. The zero-order valence-corrected chi connectivity index (χ0v) is 19.0. The van der Waals surface area contributed by atoms with E-state index in [9.17, 15) is 0 Å². The number of hydrogen-bond donors (Lipinski definition) is 0. The van der Waals surface area contributed by atoms with Crippen molar-refractivity contribution in [1.29, 1.82) is 0 Å². The zero-order chi connectivity index (χ0) is 22.5. The fraction of sp³-hybridized carbons (Fsp3) is 0.417. The smallest absolute Gasteiger partial charge is 0.278 e. The van der Waals surface area contributed by atoms with Crippen molar-refractivity contribution in [2.45, 2.75) is 39.2 Å². The van der Waals surface area contributed by atoms with Crippen molar-refractivity contribution < 1.29 is 14.0 Å². The molecule has 1 atom stereocenters. The van der Waals surface area contributed by atoms with Crippen LogP contribution in [-0.4, -0.2) is 49.8 Å². The predicted octanol–water partition coefficient (Wildman–Crippen LogP) is 3.86. The number of benzene rings is 1. The van der Waals surface area contributed by atoms with Gasteiger partial charge in [0, 0.05) is 42.5 Å². The van der Waals surface area contributed by atoms with Crippen LogP contribution in [0.5, 0.6) is 5.75 Å². The van der Waals surface area contributed by atoms with Crippen LogP contribution in [0.4, 0.5) is 0 Å². The van der Waals surface area contributed by atoms with Crippen LogP contribution in [0.15, 0.2) is 35.2 Å². The number of nitrogens with zero attached hydrogens (tertiary/aromatic N) is 6. The van der Waals surface area contributed by atoms with Gasteiger partial charge < -0.3 is 18.6 Å². The molecule has 4 aromatic rings. The van der Waals surface area contributed by atoms with Crippen LogP contribution in [0.1, 0.15) is 43.3 Å². The summed E-state index contributed by atoms with van der Waals surface area (Å²) in [4.78, 5) is 9.27. The van der Waals surface area contributed by atoms with Crippen molar-refractivity contribution in [2.75, 3.05) is 20.3 Å². The summed E-state index contributed by atoms with van der Waals surface area (Å²) < 4.78 is 21.0. The van der Waals surface area contributed by atoms with Crippen molar-refractivity contribution in [3.8, 4) is 34.3 Å². The lowest BCUT2D eigenvalue weighted by molar-refractivity contribution is 0.181. The first-order valence-electron chi connectivity index (χ1n) is 11.3. The third-order valence-corrected chi connectivity index (χ3v) is 6.47. The van der Waals surface area contributed by atoms with E-state index in [2.05, 4.69) is 36.5 Å². The van der Waals surface area contributed by atoms with Crippen LogP contribution in [0.25, 0.3) is 28.5 Å². The van der Waals surface area contributed by atoms with E-state index in [1.807, 2.05) is 32.4 Å². The maximum atomic E-state index is 5.61. The summed E-state index contributed by atoms with van der Waals surface area (Å²) in [5, 5.41) is 8.92. The molecule has 0 spiro atoms. The molecule has 2 aliphatic rings. The van der Waals surface area contributed by atoms with E-state index >= 15 is 0 Å². The molecule has 170 valence electrons. The minimum atomic E-state index is 0.182. The van der Waals surface area contributed by atoms with Gasteiger partial charge in [0.25, 0.3) is 5.89 Å².